The summed E-state index contributed by atoms with van der Waals surface area (Å²) in [6.45, 7) is 6.59. The largest absolute Gasteiger partial charge is 0.356 e. The van der Waals surface area contributed by atoms with E-state index in [0.717, 1.165) is 38.4 Å². The molecule has 0 saturated carbocycles. The van der Waals surface area contributed by atoms with Gasteiger partial charge in [-0.2, -0.15) is 11.8 Å². The highest BCUT2D eigenvalue weighted by Crippen LogP contribution is 2.13. The van der Waals surface area contributed by atoms with Gasteiger partial charge in [-0.05, 0) is 37.7 Å². The Bertz CT molecular complexity index is 352. The molecule has 1 aliphatic heterocycles. The molecule has 128 valence electrons. The second-order valence-electron chi connectivity index (χ2n) is 6.10. The molecule has 0 atom stereocenters. The standard InChI is InChI=1S/C16H32N4OS/c1-13(2)15(21)20-10-7-14(8-11-20)19-16(17-3)18-9-5-6-12-22-4/h13-14H,5-12H2,1-4H3,(H2,17,18,19). The summed E-state index contributed by atoms with van der Waals surface area (Å²) in [6.07, 6.45) is 6.53. The average Bonchev–Trinajstić information content (AvgIpc) is 2.53. The van der Waals surface area contributed by atoms with Gasteiger partial charge in [0.15, 0.2) is 5.96 Å². The van der Waals surface area contributed by atoms with E-state index in [4.69, 9.17) is 0 Å². The number of carbonyl (C=O) groups is 1. The summed E-state index contributed by atoms with van der Waals surface area (Å²) in [5.74, 6) is 2.48. The number of aliphatic imine (C=N–C) groups is 1. The van der Waals surface area contributed by atoms with Crippen molar-refractivity contribution in [1.82, 2.24) is 15.5 Å². The number of thioether (sulfide) groups is 1. The molecule has 1 fully saturated rings. The molecule has 22 heavy (non-hydrogen) atoms. The molecule has 0 aliphatic carbocycles. The fraction of sp³-hybridized carbons (Fsp3) is 0.875. The van der Waals surface area contributed by atoms with E-state index in [1.807, 2.05) is 37.6 Å². The molecular formula is C16H32N4OS. The number of hydrogen-bond acceptors (Lipinski definition) is 3. The topological polar surface area (TPSA) is 56.7 Å². The summed E-state index contributed by atoms with van der Waals surface area (Å²) in [5.41, 5.74) is 0. The van der Waals surface area contributed by atoms with Crippen molar-refractivity contribution < 1.29 is 4.79 Å². The number of hydrogen-bond donors (Lipinski definition) is 2. The fourth-order valence-corrected chi connectivity index (χ4v) is 3.07. The van der Waals surface area contributed by atoms with Crippen molar-refractivity contribution in [2.75, 3.05) is 38.7 Å². The first-order chi connectivity index (χ1) is 10.6. The zero-order valence-corrected chi connectivity index (χ0v) is 15.3. The van der Waals surface area contributed by atoms with E-state index < -0.39 is 0 Å². The Hall–Kier alpha value is -0.910. The molecular weight excluding hydrogens is 296 g/mol. The van der Waals surface area contributed by atoms with Crippen LogP contribution in [0.25, 0.3) is 0 Å². The predicted molar refractivity (Wildman–Crippen MR) is 96.6 cm³/mol. The summed E-state index contributed by atoms with van der Waals surface area (Å²) in [5, 5.41) is 6.86. The SMILES string of the molecule is CN=C(NCCCCSC)NC1CCN(C(=O)C(C)C)CC1. The third-order valence-corrected chi connectivity index (χ3v) is 4.63. The van der Waals surface area contributed by atoms with Crippen LogP contribution in [0.4, 0.5) is 0 Å². The molecule has 1 heterocycles. The lowest BCUT2D eigenvalue weighted by Crippen LogP contribution is -2.50. The number of unbranched alkanes of at least 4 members (excludes halogenated alkanes) is 1. The summed E-state index contributed by atoms with van der Waals surface area (Å²) >= 11 is 1.89. The van der Waals surface area contributed by atoms with Gasteiger partial charge in [-0.3, -0.25) is 9.79 Å². The van der Waals surface area contributed by atoms with E-state index in [0.29, 0.717) is 6.04 Å². The zero-order chi connectivity index (χ0) is 16.4. The second kappa shape index (κ2) is 10.8. The van der Waals surface area contributed by atoms with Gasteiger partial charge in [0, 0.05) is 38.6 Å². The quantitative estimate of drug-likeness (QED) is 0.426. The van der Waals surface area contributed by atoms with Crippen molar-refractivity contribution in [3.05, 3.63) is 0 Å². The van der Waals surface area contributed by atoms with Gasteiger partial charge in [-0.1, -0.05) is 13.8 Å². The first kappa shape index (κ1) is 19.1. The van der Waals surface area contributed by atoms with Crippen molar-refractivity contribution in [2.45, 2.75) is 45.6 Å². The highest BCUT2D eigenvalue weighted by Gasteiger charge is 2.24. The number of carbonyl (C=O) groups excluding carboxylic acids is 1. The molecule has 5 nitrogen and oxygen atoms in total. The maximum Gasteiger partial charge on any atom is 0.225 e. The molecule has 1 aliphatic rings. The van der Waals surface area contributed by atoms with Gasteiger partial charge in [-0.25, -0.2) is 0 Å². The van der Waals surface area contributed by atoms with Crippen LogP contribution in [0.3, 0.4) is 0 Å². The van der Waals surface area contributed by atoms with E-state index in [1.165, 1.54) is 18.6 Å². The van der Waals surface area contributed by atoms with Crippen molar-refractivity contribution >= 4 is 23.6 Å². The molecule has 6 heteroatoms. The normalized spacial score (nSPS) is 17.0. The monoisotopic (exact) mass is 328 g/mol. The summed E-state index contributed by atoms with van der Waals surface area (Å²) < 4.78 is 0. The Kier molecular flexibility index (Phi) is 9.36. The lowest BCUT2D eigenvalue weighted by Gasteiger charge is -2.34. The van der Waals surface area contributed by atoms with Crippen molar-refractivity contribution in [3.63, 3.8) is 0 Å². The molecule has 0 aromatic carbocycles. The fourth-order valence-electron chi connectivity index (χ4n) is 2.58. The maximum atomic E-state index is 12.0. The molecule has 2 N–H and O–H groups in total. The second-order valence-corrected chi connectivity index (χ2v) is 7.08. The van der Waals surface area contributed by atoms with Gasteiger partial charge in [0.05, 0.1) is 0 Å². The highest BCUT2D eigenvalue weighted by molar-refractivity contribution is 7.98. The number of nitrogens with zero attached hydrogens (tertiary/aromatic N) is 2. The van der Waals surface area contributed by atoms with Gasteiger partial charge < -0.3 is 15.5 Å². The van der Waals surface area contributed by atoms with E-state index in [9.17, 15) is 4.79 Å². The minimum atomic E-state index is 0.0974. The molecule has 1 saturated heterocycles. The van der Waals surface area contributed by atoms with Crippen LogP contribution in [0.5, 0.6) is 0 Å². The van der Waals surface area contributed by atoms with Crippen molar-refractivity contribution in [3.8, 4) is 0 Å². The van der Waals surface area contributed by atoms with Gasteiger partial charge in [0.1, 0.15) is 0 Å². The Morgan fingerprint density at radius 1 is 1.32 bits per heavy atom. The minimum Gasteiger partial charge on any atom is -0.356 e. The number of likely N-dealkylation sites (tertiary alicyclic amines) is 1. The first-order valence-electron chi connectivity index (χ1n) is 8.33. The minimum absolute atomic E-state index is 0.0974. The number of nitrogens with one attached hydrogen (secondary N) is 2. The molecule has 0 spiro atoms. The Morgan fingerprint density at radius 3 is 2.55 bits per heavy atom. The van der Waals surface area contributed by atoms with Gasteiger partial charge in [0.25, 0.3) is 0 Å². The summed E-state index contributed by atoms with van der Waals surface area (Å²) in [7, 11) is 1.81. The van der Waals surface area contributed by atoms with Crippen LogP contribution in [0, 0.1) is 5.92 Å². The number of rotatable bonds is 7. The number of amides is 1. The lowest BCUT2D eigenvalue weighted by molar-refractivity contribution is -0.135. The Labute approximate surface area is 139 Å². The molecule has 0 aromatic rings. The van der Waals surface area contributed by atoms with Gasteiger partial charge in [0.2, 0.25) is 5.91 Å². The van der Waals surface area contributed by atoms with Crippen molar-refractivity contribution in [1.29, 1.82) is 0 Å². The number of guanidine groups is 1. The van der Waals surface area contributed by atoms with Crippen LogP contribution < -0.4 is 10.6 Å². The Morgan fingerprint density at radius 2 is 2.00 bits per heavy atom. The molecule has 1 amide bonds. The van der Waals surface area contributed by atoms with E-state index >= 15 is 0 Å². The maximum absolute atomic E-state index is 12.0. The van der Waals surface area contributed by atoms with Crippen LogP contribution in [-0.2, 0) is 4.79 Å². The number of piperidine rings is 1. The molecule has 0 bridgehead atoms. The third kappa shape index (κ3) is 6.90. The zero-order valence-electron chi connectivity index (χ0n) is 14.5. The van der Waals surface area contributed by atoms with E-state index in [1.54, 1.807) is 0 Å². The molecule has 0 unspecified atom stereocenters. The van der Waals surface area contributed by atoms with Crippen LogP contribution in [0.2, 0.25) is 0 Å². The first-order valence-corrected chi connectivity index (χ1v) is 9.72. The van der Waals surface area contributed by atoms with Gasteiger partial charge >= 0.3 is 0 Å². The molecule has 1 rings (SSSR count). The summed E-state index contributed by atoms with van der Waals surface area (Å²) in [6, 6.07) is 0.411. The van der Waals surface area contributed by atoms with E-state index in [-0.39, 0.29) is 11.8 Å². The average molecular weight is 329 g/mol. The van der Waals surface area contributed by atoms with Gasteiger partial charge in [-0.15, -0.1) is 0 Å². The van der Waals surface area contributed by atoms with E-state index in [2.05, 4.69) is 21.9 Å². The third-order valence-electron chi connectivity index (χ3n) is 3.93. The Balaban J connectivity index is 2.25. The highest BCUT2D eigenvalue weighted by atomic mass is 32.2. The van der Waals surface area contributed by atoms with Crippen LogP contribution in [0.1, 0.15) is 39.5 Å². The lowest BCUT2D eigenvalue weighted by atomic mass is 10.0. The predicted octanol–water partition coefficient (Wildman–Crippen LogP) is 1.94. The molecule has 0 aromatic heterocycles. The van der Waals surface area contributed by atoms with Crippen LogP contribution >= 0.6 is 11.8 Å². The summed E-state index contributed by atoms with van der Waals surface area (Å²) in [4.78, 5) is 18.3. The van der Waals surface area contributed by atoms with Crippen molar-refractivity contribution in [2.24, 2.45) is 10.9 Å². The molecule has 0 radical (unpaired) electrons. The smallest absolute Gasteiger partial charge is 0.225 e. The van der Waals surface area contributed by atoms with Crippen LogP contribution in [-0.4, -0.2) is 61.5 Å². The van der Waals surface area contributed by atoms with Crippen LogP contribution in [0.15, 0.2) is 4.99 Å².